The third-order valence-corrected chi connectivity index (χ3v) is 8.51. The summed E-state index contributed by atoms with van der Waals surface area (Å²) in [6, 6.07) is 7.41. The monoisotopic (exact) mass is 361 g/mol. The SMILES string of the molecule is Cc1ccc(S(=O)(=O)NC(C2CCCCC2)C2CC3CCC2C3)cc1. The maximum absolute atomic E-state index is 13.0. The van der Waals surface area contributed by atoms with E-state index in [2.05, 4.69) is 4.72 Å². The Morgan fingerprint density at radius 3 is 2.28 bits per heavy atom. The van der Waals surface area contributed by atoms with Crippen molar-refractivity contribution in [3.05, 3.63) is 29.8 Å². The molecule has 0 aromatic heterocycles. The van der Waals surface area contributed by atoms with Gasteiger partial charge in [-0.1, -0.05) is 43.4 Å². The van der Waals surface area contributed by atoms with Crippen molar-refractivity contribution in [1.82, 2.24) is 4.72 Å². The molecule has 0 radical (unpaired) electrons. The van der Waals surface area contributed by atoms with Gasteiger partial charge in [0.05, 0.1) is 4.90 Å². The third-order valence-electron chi connectivity index (χ3n) is 7.03. The number of aryl methyl sites for hydroxylation is 1. The summed E-state index contributed by atoms with van der Waals surface area (Å²) >= 11 is 0. The first-order chi connectivity index (χ1) is 12.0. The van der Waals surface area contributed by atoms with E-state index in [9.17, 15) is 8.42 Å². The van der Waals surface area contributed by atoms with Crippen LogP contribution < -0.4 is 4.72 Å². The molecule has 1 N–H and O–H groups in total. The molecule has 3 aliphatic rings. The van der Waals surface area contributed by atoms with Crippen LogP contribution in [0.1, 0.15) is 63.4 Å². The van der Waals surface area contributed by atoms with Crippen molar-refractivity contribution >= 4 is 10.0 Å². The molecule has 0 heterocycles. The van der Waals surface area contributed by atoms with Gasteiger partial charge in [0.2, 0.25) is 10.0 Å². The second-order valence-corrected chi connectivity index (χ2v) is 10.4. The molecule has 4 unspecified atom stereocenters. The standard InChI is InChI=1S/C21H31NO2S/c1-15-7-11-19(12-8-15)25(23,24)22-21(17-5-3-2-4-6-17)20-14-16-9-10-18(20)13-16/h7-8,11-12,16-18,20-22H,2-6,9-10,13-14H2,1H3. The summed E-state index contributed by atoms with van der Waals surface area (Å²) in [7, 11) is -3.43. The van der Waals surface area contributed by atoms with Gasteiger partial charge in [-0.05, 0) is 74.8 Å². The van der Waals surface area contributed by atoms with Crippen LogP contribution in [0.4, 0.5) is 0 Å². The second-order valence-electron chi connectivity index (χ2n) is 8.70. The first kappa shape index (κ1) is 17.5. The Labute approximate surface area is 152 Å². The normalized spacial score (nSPS) is 31.3. The Kier molecular flexibility index (Phi) is 4.93. The summed E-state index contributed by atoms with van der Waals surface area (Å²) < 4.78 is 29.3. The molecule has 1 aromatic carbocycles. The quantitative estimate of drug-likeness (QED) is 0.829. The molecule has 0 saturated heterocycles. The van der Waals surface area contributed by atoms with E-state index in [1.165, 1.54) is 57.8 Å². The van der Waals surface area contributed by atoms with Gasteiger partial charge in [0.25, 0.3) is 0 Å². The van der Waals surface area contributed by atoms with Crippen LogP contribution in [0.5, 0.6) is 0 Å². The number of hydrogen-bond acceptors (Lipinski definition) is 2. The molecule has 4 atom stereocenters. The van der Waals surface area contributed by atoms with Gasteiger partial charge in [-0.3, -0.25) is 0 Å². The average Bonchev–Trinajstić information content (AvgIpc) is 3.24. The van der Waals surface area contributed by atoms with Crippen LogP contribution in [-0.4, -0.2) is 14.5 Å². The zero-order valence-electron chi connectivity index (χ0n) is 15.3. The first-order valence-corrected chi connectivity index (χ1v) is 11.6. The van der Waals surface area contributed by atoms with Gasteiger partial charge in [0.1, 0.15) is 0 Å². The van der Waals surface area contributed by atoms with Gasteiger partial charge >= 0.3 is 0 Å². The van der Waals surface area contributed by atoms with Crippen molar-refractivity contribution in [2.24, 2.45) is 23.7 Å². The highest BCUT2D eigenvalue weighted by Crippen LogP contribution is 2.51. The third kappa shape index (κ3) is 3.66. The maximum Gasteiger partial charge on any atom is 0.240 e. The first-order valence-electron chi connectivity index (χ1n) is 10.1. The average molecular weight is 362 g/mol. The van der Waals surface area contributed by atoms with Crippen LogP contribution in [0.3, 0.4) is 0 Å². The van der Waals surface area contributed by atoms with E-state index in [1.807, 2.05) is 19.1 Å². The van der Waals surface area contributed by atoms with E-state index in [0.29, 0.717) is 16.7 Å². The van der Waals surface area contributed by atoms with Crippen LogP contribution in [0.25, 0.3) is 0 Å². The van der Waals surface area contributed by atoms with E-state index >= 15 is 0 Å². The van der Waals surface area contributed by atoms with Gasteiger partial charge in [0.15, 0.2) is 0 Å². The number of hydrogen-bond donors (Lipinski definition) is 1. The van der Waals surface area contributed by atoms with E-state index in [1.54, 1.807) is 12.1 Å². The van der Waals surface area contributed by atoms with Crippen molar-refractivity contribution in [1.29, 1.82) is 0 Å². The van der Waals surface area contributed by atoms with Crippen LogP contribution >= 0.6 is 0 Å². The highest BCUT2D eigenvalue weighted by Gasteiger charge is 2.46. The van der Waals surface area contributed by atoms with E-state index in [4.69, 9.17) is 0 Å². The predicted molar refractivity (Wildman–Crippen MR) is 101 cm³/mol. The molecular weight excluding hydrogens is 330 g/mol. The summed E-state index contributed by atoms with van der Waals surface area (Å²) in [5, 5.41) is 0. The van der Waals surface area contributed by atoms with Gasteiger partial charge in [-0.2, -0.15) is 0 Å². The molecule has 25 heavy (non-hydrogen) atoms. The van der Waals surface area contributed by atoms with Crippen LogP contribution in [0.2, 0.25) is 0 Å². The van der Waals surface area contributed by atoms with Gasteiger partial charge in [-0.15, -0.1) is 0 Å². The highest BCUT2D eigenvalue weighted by atomic mass is 32.2. The van der Waals surface area contributed by atoms with Crippen LogP contribution in [0, 0.1) is 30.6 Å². The lowest BCUT2D eigenvalue weighted by Gasteiger charge is -2.38. The summed E-state index contributed by atoms with van der Waals surface area (Å²) in [5.41, 5.74) is 1.09. The molecule has 3 fully saturated rings. The van der Waals surface area contributed by atoms with Crippen LogP contribution in [0.15, 0.2) is 29.2 Å². The molecule has 3 aliphatic carbocycles. The summed E-state index contributed by atoms with van der Waals surface area (Å²) in [5.74, 6) is 2.68. The summed E-state index contributed by atoms with van der Waals surface area (Å²) in [4.78, 5) is 0.419. The lowest BCUT2D eigenvalue weighted by Crippen LogP contribution is -2.47. The molecule has 0 aliphatic heterocycles. The Morgan fingerprint density at radius 1 is 0.960 bits per heavy atom. The molecule has 2 bridgehead atoms. The van der Waals surface area contributed by atoms with E-state index < -0.39 is 10.0 Å². The Balaban J connectivity index is 1.58. The van der Waals surface area contributed by atoms with Crippen molar-refractivity contribution in [2.45, 2.75) is 75.6 Å². The number of benzene rings is 1. The van der Waals surface area contributed by atoms with Gasteiger partial charge in [-0.25, -0.2) is 13.1 Å². The molecule has 138 valence electrons. The molecule has 0 amide bonds. The number of nitrogens with one attached hydrogen (secondary N) is 1. The Hall–Kier alpha value is -0.870. The fourth-order valence-corrected chi connectivity index (χ4v) is 7.08. The van der Waals surface area contributed by atoms with Crippen molar-refractivity contribution in [2.75, 3.05) is 0 Å². The van der Waals surface area contributed by atoms with E-state index in [-0.39, 0.29) is 6.04 Å². The van der Waals surface area contributed by atoms with Gasteiger partial charge in [0, 0.05) is 6.04 Å². The Bertz CT molecular complexity index is 691. The second kappa shape index (κ2) is 7.03. The lowest BCUT2D eigenvalue weighted by molar-refractivity contribution is 0.179. The highest BCUT2D eigenvalue weighted by molar-refractivity contribution is 7.89. The van der Waals surface area contributed by atoms with E-state index in [0.717, 1.165) is 17.4 Å². The summed E-state index contributed by atoms with van der Waals surface area (Å²) in [6.07, 6.45) is 11.5. The minimum Gasteiger partial charge on any atom is -0.208 e. The maximum atomic E-state index is 13.0. The molecule has 3 nitrogen and oxygen atoms in total. The molecule has 4 rings (SSSR count). The van der Waals surface area contributed by atoms with Crippen molar-refractivity contribution < 1.29 is 8.42 Å². The molecule has 0 spiro atoms. The smallest absolute Gasteiger partial charge is 0.208 e. The lowest BCUT2D eigenvalue weighted by atomic mass is 9.74. The molecule has 1 aromatic rings. The summed E-state index contributed by atoms with van der Waals surface area (Å²) in [6.45, 7) is 1.99. The zero-order valence-corrected chi connectivity index (χ0v) is 16.1. The minimum atomic E-state index is -3.43. The largest absolute Gasteiger partial charge is 0.240 e. The van der Waals surface area contributed by atoms with Crippen LogP contribution in [-0.2, 0) is 10.0 Å². The number of sulfonamides is 1. The fraction of sp³-hybridized carbons (Fsp3) is 0.714. The minimum absolute atomic E-state index is 0.141. The number of rotatable bonds is 5. The van der Waals surface area contributed by atoms with Crippen molar-refractivity contribution in [3.8, 4) is 0 Å². The Morgan fingerprint density at radius 2 is 1.68 bits per heavy atom. The fourth-order valence-electron chi connectivity index (χ4n) is 5.72. The zero-order chi connectivity index (χ0) is 17.4. The predicted octanol–water partition coefficient (Wildman–Crippen LogP) is 4.66. The molecular formula is C21H31NO2S. The number of fused-ring (bicyclic) bond motifs is 2. The molecule has 4 heteroatoms. The molecule has 3 saturated carbocycles. The van der Waals surface area contributed by atoms with Gasteiger partial charge < -0.3 is 0 Å². The topological polar surface area (TPSA) is 46.2 Å². The van der Waals surface area contributed by atoms with Crippen molar-refractivity contribution in [3.63, 3.8) is 0 Å².